The van der Waals surface area contributed by atoms with Gasteiger partial charge in [0, 0.05) is 16.5 Å². The zero-order valence-electron chi connectivity index (χ0n) is 8.13. The summed E-state index contributed by atoms with van der Waals surface area (Å²) in [4.78, 5) is 16.4. The van der Waals surface area contributed by atoms with Crippen molar-refractivity contribution in [1.29, 1.82) is 0 Å². The van der Waals surface area contributed by atoms with Gasteiger partial charge in [-0.05, 0) is 0 Å². The quantitative estimate of drug-likeness (QED) is 0.787. The van der Waals surface area contributed by atoms with Gasteiger partial charge in [0.2, 0.25) is 5.91 Å². The molecule has 4 heteroatoms. The van der Waals surface area contributed by atoms with Gasteiger partial charge in [-0.3, -0.25) is 9.78 Å². The van der Waals surface area contributed by atoms with E-state index in [9.17, 15) is 4.79 Å². The van der Waals surface area contributed by atoms with Gasteiger partial charge in [-0.25, -0.2) is 0 Å². The molecule has 1 aromatic heterocycles. The van der Waals surface area contributed by atoms with Crippen molar-refractivity contribution in [3.05, 3.63) is 16.6 Å². The molecule has 1 rings (SSSR count). The van der Waals surface area contributed by atoms with Crippen LogP contribution in [0.15, 0.2) is 11.7 Å². The summed E-state index contributed by atoms with van der Waals surface area (Å²) < 4.78 is 0. The number of aromatic nitrogens is 1. The molecule has 0 aliphatic rings. The Bertz CT molecular complexity index is 274. The second-order valence-electron chi connectivity index (χ2n) is 3.90. The lowest BCUT2D eigenvalue weighted by molar-refractivity contribution is -0.128. The highest BCUT2D eigenvalue weighted by Gasteiger charge is 2.20. The smallest absolute Gasteiger partial charge is 0.225 e. The molecule has 0 unspecified atom stereocenters. The number of nitrogens with zero attached hydrogens (tertiary/aromatic N) is 1. The second-order valence-corrected chi connectivity index (χ2v) is 4.87. The topological polar surface area (TPSA) is 42.0 Å². The SMILES string of the molecule is CC(C)(C)C(=O)NCc1cncs1. The Morgan fingerprint density at radius 3 is 2.77 bits per heavy atom. The Morgan fingerprint density at radius 1 is 1.62 bits per heavy atom. The van der Waals surface area contributed by atoms with Crippen molar-refractivity contribution in [2.24, 2.45) is 5.41 Å². The first-order valence-electron chi connectivity index (χ1n) is 4.16. The Balaban J connectivity index is 2.40. The monoisotopic (exact) mass is 198 g/mol. The Morgan fingerprint density at radius 2 is 2.31 bits per heavy atom. The van der Waals surface area contributed by atoms with Gasteiger partial charge < -0.3 is 5.32 Å². The summed E-state index contributed by atoms with van der Waals surface area (Å²) in [5.74, 6) is 0.0703. The van der Waals surface area contributed by atoms with Crippen LogP contribution in [0, 0.1) is 5.41 Å². The highest BCUT2D eigenvalue weighted by Crippen LogP contribution is 2.13. The molecule has 3 nitrogen and oxygen atoms in total. The molecule has 72 valence electrons. The van der Waals surface area contributed by atoms with E-state index in [4.69, 9.17) is 0 Å². The van der Waals surface area contributed by atoms with Gasteiger partial charge in [0.05, 0.1) is 12.1 Å². The van der Waals surface area contributed by atoms with Gasteiger partial charge in [-0.1, -0.05) is 20.8 Å². The number of amides is 1. The van der Waals surface area contributed by atoms with Crippen molar-refractivity contribution < 1.29 is 4.79 Å². The molecule has 1 heterocycles. The summed E-state index contributed by atoms with van der Waals surface area (Å²) in [5.41, 5.74) is 1.45. The minimum absolute atomic E-state index is 0.0703. The van der Waals surface area contributed by atoms with Crippen LogP contribution in [0.5, 0.6) is 0 Å². The van der Waals surface area contributed by atoms with Crippen LogP contribution >= 0.6 is 11.3 Å². The molecule has 13 heavy (non-hydrogen) atoms. The standard InChI is InChI=1S/C9H14N2OS/c1-9(2,3)8(12)11-5-7-4-10-6-13-7/h4,6H,5H2,1-3H3,(H,11,12). The summed E-state index contributed by atoms with van der Waals surface area (Å²) in [6, 6.07) is 0. The number of hydrogen-bond acceptors (Lipinski definition) is 3. The molecule has 0 spiro atoms. The highest BCUT2D eigenvalue weighted by molar-refractivity contribution is 7.09. The lowest BCUT2D eigenvalue weighted by Crippen LogP contribution is -2.34. The van der Waals surface area contributed by atoms with Gasteiger partial charge in [0.25, 0.3) is 0 Å². The molecule has 0 fully saturated rings. The predicted octanol–water partition coefficient (Wildman–Crippen LogP) is 1.81. The number of hydrogen-bond donors (Lipinski definition) is 1. The maximum Gasteiger partial charge on any atom is 0.225 e. The first-order chi connectivity index (χ1) is 6.00. The molecule has 0 atom stereocenters. The van der Waals surface area contributed by atoms with Crippen LogP contribution < -0.4 is 5.32 Å². The predicted molar refractivity (Wildman–Crippen MR) is 53.4 cm³/mol. The van der Waals surface area contributed by atoms with Crippen LogP contribution in [0.3, 0.4) is 0 Å². The summed E-state index contributed by atoms with van der Waals surface area (Å²) >= 11 is 1.55. The summed E-state index contributed by atoms with van der Waals surface area (Å²) in [6.45, 7) is 6.28. The van der Waals surface area contributed by atoms with Crippen molar-refractivity contribution in [1.82, 2.24) is 10.3 Å². The average Bonchev–Trinajstić information content (AvgIpc) is 2.50. The number of thiazole rings is 1. The maximum absolute atomic E-state index is 11.4. The minimum Gasteiger partial charge on any atom is -0.351 e. The number of rotatable bonds is 2. The minimum atomic E-state index is -0.315. The largest absolute Gasteiger partial charge is 0.351 e. The van der Waals surface area contributed by atoms with Crippen molar-refractivity contribution in [2.45, 2.75) is 27.3 Å². The van der Waals surface area contributed by atoms with E-state index in [1.165, 1.54) is 0 Å². The molecular weight excluding hydrogens is 184 g/mol. The molecule has 1 N–H and O–H groups in total. The van der Waals surface area contributed by atoms with Crippen LogP contribution in [0.25, 0.3) is 0 Å². The van der Waals surface area contributed by atoms with Crippen LogP contribution in [0.4, 0.5) is 0 Å². The lowest BCUT2D eigenvalue weighted by Gasteiger charge is -2.16. The third-order valence-corrected chi connectivity index (χ3v) is 2.37. The first-order valence-corrected chi connectivity index (χ1v) is 5.04. The van der Waals surface area contributed by atoms with E-state index in [0.29, 0.717) is 6.54 Å². The van der Waals surface area contributed by atoms with E-state index in [0.717, 1.165) is 4.88 Å². The molecule has 0 aliphatic carbocycles. The molecule has 0 bridgehead atoms. The number of carbonyl (C=O) groups excluding carboxylic acids is 1. The van der Waals surface area contributed by atoms with Crippen molar-refractivity contribution in [3.8, 4) is 0 Å². The molecule has 0 radical (unpaired) electrons. The zero-order valence-corrected chi connectivity index (χ0v) is 8.94. The molecule has 0 aromatic carbocycles. The van der Waals surface area contributed by atoms with Gasteiger partial charge in [-0.15, -0.1) is 11.3 Å². The zero-order chi connectivity index (χ0) is 9.90. The lowest BCUT2D eigenvalue weighted by atomic mass is 9.96. The highest BCUT2D eigenvalue weighted by atomic mass is 32.1. The van der Waals surface area contributed by atoms with E-state index >= 15 is 0 Å². The van der Waals surface area contributed by atoms with Crippen molar-refractivity contribution >= 4 is 17.2 Å². The van der Waals surface area contributed by atoms with E-state index in [-0.39, 0.29) is 11.3 Å². The summed E-state index contributed by atoms with van der Waals surface area (Å²) in [7, 11) is 0. The van der Waals surface area contributed by atoms with Crippen LogP contribution in [-0.4, -0.2) is 10.9 Å². The molecule has 0 saturated heterocycles. The second kappa shape index (κ2) is 3.87. The molecule has 1 amide bonds. The fourth-order valence-electron chi connectivity index (χ4n) is 0.762. The maximum atomic E-state index is 11.4. The van der Waals surface area contributed by atoms with E-state index in [1.807, 2.05) is 20.8 Å². The molecular formula is C9H14N2OS. The van der Waals surface area contributed by atoms with Crippen molar-refractivity contribution in [2.75, 3.05) is 0 Å². The fourth-order valence-corrected chi connectivity index (χ4v) is 1.30. The van der Waals surface area contributed by atoms with E-state index in [2.05, 4.69) is 10.3 Å². The Kier molecular flexibility index (Phi) is 3.03. The molecule has 0 saturated carbocycles. The third kappa shape index (κ3) is 3.14. The number of nitrogens with one attached hydrogen (secondary N) is 1. The van der Waals surface area contributed by atoms with Gasteiger partial charge in [-0.2, -0.15) is 0 Å². The van der Waals surface area contributed by atoms with Gasteiger partial charge in [0.1, 0.15) is 0 Å². The molecule has 0 aliphatic heterocycles. The van der Waals surface area contributed by atoms with Crippen LogP contribution in [0.1, 0.15) is 25.6 Å². The Hall–Kier alpha value is -0.900. The fraction of sp³-hybridized carbons (Fsp3) is 0.556. The van der Waals surface area contributed by atoms with Crippen LogP contribution in [-0.2, 0) is 11.3 Å². The van der Waals surface area contributed by atoms with Gasteiger partial charge >= 0.3 is 0 Å². The third-order valence-electron chi connectivity index (χ3n) is 1.59. The van der Waals surface area contributed by atoms with E-state index < -0.39 is 0 Å². The summed E-state index contributed by atoms with van der Waals surface area (Å²) in [6.07, 6.45) is 1.77. The average molecular weight is 198 g/mol. The summed E-state index contributed by atoms with van der Waals surface area (Å²) in [5, 5.41) is 2.86. The molecule has 1 aromatic rings. The Labute approximate surface area is 82.2 Å². The van der Waals surface area contributed by atoms with E-state index in [1.54, 1.807) is 23.0 Å². The van der Waals surface area contributed by atoms with Crippen LogP contribution in [0.2, 0.25) is 0 Å². The normalized spacial score (nSPS) is 11.3. The van der Waals surface area contributed by atoms with Gasteiger partial charge in [0.15, 0.2) is 0 Å². The van der Waals surface area contributed by atoms with Crippen molar-refractivity contribution in [3.63, 3.8) is 0 Å². The first kappa shape index (κ1) is 10.2. The number of carbonyl (C=O) groups is 1.